The van der Waals surface area contributed by atoms with Crippen LogP contribution >= 0.6 is 11.6 Å². The maximum Gasteiger partial charge on any atom is 0.151 e. The van der Waals surface area contributed by atoms with E-state index in [1.165, 1.54) is 6.07 Å². The van der Waals surface area contributed by atoms with Crippen molar-refractivity contribution in [3.05, 3.63) is 29.8 Å². The van der Waals surface area contributed by atoms with Gasteiger partial charge in [0.15, 0.2) is 5.82 Å². The fraction of sp³-hybridized carbons (Fsp3) is 0.500. The normalized spacial score (nSPS) is 11.3. The minimum Gasteiger partial charge on any atom is -0.382 e. The van der Waals surface area contributed by atoms with Crippen molar-refractivity contribution in [1.82, 2.24) is 9.55 Å². The molecule has 4 nitrogen and oxygen atoms in total. The highest BCUT2D eigenvalue weighted by molar-refractivity contribution is 6.16. The Kier molecular flexibility index (Phi) is 5.76. The summed E-state index contributed by atoms with van der Waals surface area (Å²) >= 11 is 5.88. The van der Waals surface area contributed by atoms with Crippen molar-refractivity contribution >= 4 is 22.6 Å². The van der Waals surface area contributed by atoms with Gasteiger partial charge in [-0.2, -0.15) is 0 Å². The highest BCUT2D eigenvalue weighted by Crippen LogP contribution is 2.20. The molecule has 20 heavy (non-hydrogen) atoms. The van der Waals surface area contributed by atoms with E-state index in [9.17, 15) is 4.39 Å². The van der Waals surface area contributed by atoms with Gasteiger partial charge in [0.05, 0.1) is 24.6 Å². The van der Waals surface area contributed by atoms with E-state index in [1.54, 1.807) is 13.2 Å². The zero-order valence-corrected chi connectivity index (χ0v) is 12.2. The van der Waals surface area contributed by atoms with Crippen LogP contribution in [0.3, 0.4) is 0 Å². The lowest BCUT2D eigenvalue weighted by Gasteiger charge is -2.08. The van der Waals surface area contributed by atoms with E-state index in [2.05, 4.69) is 4.98 Å². The first kappa shape index (κ1) is 15.2. The molecule has 1 heterocycles. The largest absolute Gasteiger partial charge is 0.382 e. The number of nitrogens with zero attached hydrogens (tertiary/aromatic N) is 2. The number of para-hydroxylation sites is 1. The Balaban J connectivity index is 2.03. The summed E-state index contributed by atoms with van der Waals surface area (Å²) in [6.45, 7) is 2.50. The van der Waals surface area contributed by atoms with Gasteiger partial charge in [-0.1, -0.05) is 6.07 Å². The van der Waals surface area contributed by atoms with Crippen LogP contribution in [0.4, 0.5) is 4.39 Å². The van der Waals surface area contributed by atoms with E-state index in [0.717, 1.165) is 11.9 Å². The quantitative estimate of drug-likeness (QED) is 0.555. The maximum absolute atomic E-state index is 13.7. The highest BCUT2D eigenvalue weighted by Gasteiger charge is 2.12. The molecule has 1 aromatic heterocycles. The number of aromatic nitrogens is 2. The van der Waals surface area contributed by atoms with Crippen molar-refractivity contribution in [2.75, 3.05) is 26.9 Å². The second-order valence-electron chi connectivity index (χ2n) is 4.38. The number of hydrogen-bond acceptors (Lipinski definition) is 3. The van der Waals surface area contributed by atoms with Crippen LogP contribution in [0.1, 0.15) is 12.2 Å². The first-order valence-corrected chi connectivity index (χ1v) is 7.07. The van der Waals surface area contributed by atoms with E-state index in [-0.39, 0.29) is 11.7 Å². The van der Waals surface area contributed by atoms with Gasteiger partial charge in [-0.15, -0.1) is 11.6 Å². The number of halogens is 2. The van der Waals surface area contributed by atoms with Crippen LogP contribution in [0, 0.1) is 5.82 Å². The maximum atomic E-state index is 13.7. The molecule has 0 amide bonds. The van der Waals surface area contributed by atoms with Crippen molar-refractivity contribution in [1.29, 1.82) is 0 Å². The second-order valence-corrected chi connectivity index (χ2v) is 4.65. The van der Waals surface area contributed by atoms with Crippen LogP contribution in [0.2, 0.25) is 0 Å². The number of ether oxygens (including phenoxy) is 2. The molecular formula is C14H18ClFN2O2. The highest BCUT2D eigenvalue weighted by atomic mass is 35.5. The third-order valence-corrected chi connectivity index (χ3v) is 3.27. The van der Waals surface area contributed by atoms with Crippen LogP contribution in [0.15, 0.2) is 18.2 Å². The number of rotatable bonds is 8. The van der Waals surface area contributed by atoms with Gasteiger partial charge in [0.1, 0.15) is 11.3 Å². The van der Waals surface area contributed by atoms with E-state index in [4.69, 9.17) is 21.1 Å². The average Bonchev–Trinajstić information content (AvgIpc) is 2.82. The summed E-state index contributed by atoms with van der Waals surface area (Å²) in [7, 11) is 1.64. The van der Waals surface area contributed by atoms with Crippen LogP contribution in [0.5, 0.6) is 0 Å². The summed E-state index contributed by atoms with van der Waals surface area (Å²) in [4.78, 5) is 4.25. The van der Waals surface area contributed by atoms with Crippen LogP contribution in [-0.2, 0) is 21.9 Å². The molecule has 0 fully saturated rings. The first-order chi connectivity index (χ1) is 9.77. The average molecular weight is 301 g/mol. The molecule has 110 valence electrons. The van der Waals surface area contributed by atoms with E-state index in [1.807, 2.05) is 10.6 Å². The second kappa shape index (κ2) is 7.57. The molecule has 0 saturated heterocycles. The van der Waals surface area contributed by atoms with Crippen molar-refractivity contribution < 1.29 is 13.9 Å². The Bertz CT molecular complexity index is 559. The lowest BCUT2D eigenvalue weighted by Crippen LogP contribution is -2.08. The molecule has 0 bridgehead atoms. The molecule has 0 aliphatic carbocycles. The number of imidazole rings is 1. The Morgan fingerprint density at radius 3 is 2.90 bits per heavy atom. The number of fused-ring (bicyclic) bond motifs is 1. The van der Waals surface area contributed by atoms with Gasteiger partial charge in [-0.05, 0) is 18.6 Å². The minimum absolute atomic E-state index is 0.263. The Labute approximate surface area is 122 Å². The standard InChI is InChI=1S/C14H18ClFN2O2/c1-19-8-9-20-7-3-6-18-12-5-2-4-11(16)14(12)17-13(18)10-15/h2,4-5H,3,6-10H2,1H3. The minimum atomic E-state index is -0.316. The van der Waals surface area contributed by atoms with Crippen molar-refractivity contribution in [3.8, 4) is 0 Å². The zero-order valence-electron chi connectivity index (χ0n) is 11.4. The van der Waals surface area contributed by atoms with Gasteiger partial charge >= 0.3 is 0 Å². The Morgan fingerprint density at radius 1 is 1.30 bits per heavy atom. The van der Waals surface area contributed by atoms with Gasteiger partial charge in [-0.25, -0.2) is 9.37 Å². The van der Waals surface area contributed by atoms with Crippen molar-refractivity contribution in [2.24, 2.45) is 0 Å². The van der Waals surface area contributed by atoms with Crippen molar-refractivity contribution in [3.63, 3.8) is 0 Å². The molecular weight excluding hydrogens is 283 g/mol. The van der Waals surface area contributed by atoms with Crippen molar-refractivity contribution in [2.45, 2.75) is 18.8 Å². The number of methoxy groups -OCH3 is 1. The molecule has 0 unspecified atom stereocenters. The molecule has 2 aromatic rings. The van der Waals surface area contributed by atoms with Gasteiger partial charge in [0, 0.05) is 20.3 Å². The van der Waals surface area contributed by atoms with Gasteiger partial charge in [-0.3, -0.25) is 0 Å². The van der Waals surface area contributed by atoms with Gasteiger partial charge < -0.3 is 14.0 Å². The summed E-state index contributed by atoms with van der Waals surface area (Å²) in [6, 6.07) is 4.95. The van der Waals surface area contributed by atoms with Crippen LogP contribution in [0.25, 0.3) is 11.0 Å². The molecule has 6 heteroatoms. The van der Waals surface area contributed by atoms with Crippen LogP contribution < -0.4 is 0 Å². The Morgan fingerprint density at radius 2 is 2.15 bits per heavy atom. The number of benzene rings is 1. The van der Waals surface area contributed by atoms with Crippen LogP contribution in [-0.4, -0.2) is 36.5 Å². The molecule has 0 aliphatic rings. The molecule has 0 radical (unpaired) electrons. The SMILES string of the molecule is COCCOCCCn1c(CCl)nc2c(F)cccc21. The molecule has 0 spiro atoms. The lowest BCUT2D eigenvalue weighted by molar-refractivity contribution is 0.0681. The monoisotopic (exact) mass is 300 g/mol. The topological polar surface area (TPSA) is 36.3 Å². The Hall–Kier alpha value is -1.17. The smallest absolute Gasteiger partial charge is 0.151 e. The number of aryl methyl sites for hydroxylation is 1. The summed E-state index contributed by atoms with van der Waals surface area (Å²) < 4.78 is 26.0. The molecule has 0 aliphatic heterocycles. The number of hydrogen-bond donors (Lipinski definition) is 0. The first-order valence-electron chi connectivity index (χ1n) is 6.54. The molecule has 0 N–H and O–H groups in total. The van der Waals surface area contributed by atoms with E-state index in [0.29, 0.717) is 37.7 Å². The van der Waals surface area contributed by atoms with Gasteiger partial charge in [0.25, 0.3) is 0 Å². The molecule has 2 rings (SSSR count). The third kappa shape index (κ3) is 3.48. The van der Waals surface area contributed by atoms with Gasteiger partial charge in [0.2, 0.25) is 0 Å². The summed E-state index contributed by atoms with van der Waals surface area (Å²) in [5, 5.41) is 0. The van der Waals surface area contributed by atoms with E-state index < -0.39 is 0 Å². The van der Waals surface area contributed by atoms with E-state index >= 15 is 0 Å². The zero-order chi connectivity index (χ0) is 14.4. The summed E-state index contributed by atoms with van der Waals surface area (Å²) in [6.07, 6.45) is 0.815. The fourth-order valence-corrected chi connectivity index (χ4v) is 2.29. The summed E-state index contributed by atoms with van der Waals surface area (Å²) in [5.74, 6) is 0.631. The molecule has 0 atom stereocenters. The predicted octanol–water partition coefficient (Wildman–Crippen LogP) is 2.97. The molecule has 0 saturated carbocycles. The lowest BCUT2D eigenvalue weighted by atomic mass is 10.3. The third-order valence-electron chi connectivity index (χ3n) is 3.03. The number of alkyl halides is 1. The predicted molar refractivity (Wildman–Crippen MR) is 76.6 cm³/mol. The molecule has 1 aromatic carbocycles. The fourth-order valence-electron chi connectivity index (χ4n) is 2.08. The summed E-state index contributed by atoms with van der Waals surface area (Å²) in [5.41, 5.74) is 1.15.